The average Bonchev–Trinajstić information content (AvgIpc) is 2.78. The van der Waals surface area contributed by atoms with Crippen molar-refractivity contribution in [3.63, 3.8) is 0 Å². The molecular formula is C21H28N2O. The second-order valence-corrected chi connectivity index (χ2v) is 9.15. The number of carbonyl (C=O) groups is 1. The van der Waals surface area contributed by atoms with Gasteiger partial charge in [-0.3, -0.25) is 9.80 Å². The average molecular weight is 324 g/mol. The zero-order valence-electron chi connectivity index (χ0n) is 15.0. The van der Waals surface area contributed by atoms with Crippen LogP contribution in [0.2, 0.25) is 0 Å². The molecule has 5 atom stereocenters. The highest BCUT2D eigenvalue weighted by Gasteiger charge is 2.60. The molecule has 0 N–H and O–H groups in total. The Morgan fingerprint density at radius 3 is 2.42 bits per heavy atom. The van der Waals surface area contributed by atoms with Crippen LogP contribution in [0, 0.1) is 30.6 Å². The van der Waals surface area contributed by atoms with Crippen LogP contribution in [0.15, 0.2) is 24.3 Å². The van der Waals surface area contributed by atoms with E-state index in [1.54, 1.807) is 0 Å². The van der Waals surface area contributed by atoms with Gasteiger partial charge in [0.2, 0.25) is 0 Å². The molecule has 1 amide bonds. The van der Waals surface area contributed by atoms with Gasteiger partial charge in [0.1, 0.15) is 5.54 Å². The molecule has 5 rings (SSSR count). The first-order chi connectivity index (χ1) is 11.5. The number of benzene rings is 1. The third kappa shape index (κ3) is 1.81. The van der Waals surface area contributed by atoms with Gasteiger partial charge in [-0.15, -0.1) is 0 Å². The number of rotatable bonds is 2. The quantitative estimate of drug-likeness (QED) is 0.815. The van der Waals surface area contributed by atoms with Gasteiger partial charge in [-0.1, -0.05) is 17.7 Å². The summed E-state index contributed by atoms with van der Waals surface area (Å²) < 4.78 is 0. The summed E-state index contributed by atoms with van der Waals surface area (Å²) in [6.45, 7) is 6.25. The maximum atomic E-state index is 13.0. The fourth-order valence-corrected chi connectivity index (χ4v) is 6.13. The van der Waals surface area contributed by atoms with E-state index < -0.39 is 5.54 Å². The summed E-state index contributed by atoms with van der Waals surface area (Å²) in [4.78, 5) is 13.0. The molecule has 0 aromatic heterocycles. The van der Waals surface area contributed by atoms with Gasteiger partial charge in [0.15, 0.2) is 0 Å². The lowest BCUT2D eigenvalue weighted by Crippen LogP contribution is -2.78. The molecule has 3 saturated carbocycles. The number of aryl methyl sites for hydroxylation is 1. The van der Waals surface area contributed by atoms with Crippen molar-refractivity contribution in [2.45, 2.75) is 64.5 Å². The normalized spacial score (nSPS) is 39.3. The zero-order chi connectivity index (χ0) is 16.6. The minimum atomic E-state index is -0.414. The minimum absolute atomic E-state index is 0.312. The summed E-state index contributed by atoms with van der Waals surface area (Å²) in [5.41, 5.74) is 2.01. The molecule has 1 heterocycles. The highest BCUT2D eigenvalue weighted by Crippen LogP contribution is 2.60. The smallest absolute Gasteiger partial charge is 0.268 e. The Morgan fingerprint density at radius 1 is 0.958 bits per heavy atom. The molecule has 1 aliphatic heterocycles. The van der Waals surface area contributed by atoms with E-state index in [1.165, 1.54) is 37.7 Å². The van der Waals surface area contributed by atoms with Gasteiger partial charge in [0, 0.05) is 0 Å². The van der Waals surface area contributed by atoms with Crippen molar-refractivity contribution >= 4 is 11.6 Å². The number of fused-ring (bicyclic) bond motifs is 1. The third-order valence-electron chi connectivity index (χ3n) is 7.44. The van der Waals surface area contributed by atoms with E-state index in [-0.39, 0.29) is 0 Å². The molecule has 0 spiro atoms. The molecular weight excluding hydrogens is 296 g/mol. The van der Waals surface area contributed by atoms with Crippen molar-refractivity contribution in [3.8, 4) is 0 Å². The molecule has 2 bridgehead atoms. The molecule has 24 heavy (non-hydrogen) atoms. The Bertz CT molecular complexity index is 680. The number of hydrogen-bond donors (Lipinski definition) is 0. The standard InChI is InChI=1S/C21H28N2O/c1-13-4-7-17(8-5-13)23-21(2,3)20(24)22(23)19-9-6-14-10-15-11-16(19)12-18(14)15/h4-5,7-8,14-16,18-19H,6,9-12H2,1-3H3. The first-order valence-corrected chi connectivity index (χ1v) is 9.67. The molecule has 4 fully saturated rings. The highest BCUT2D eigenvalue weighted by atomic mass is 16.2. The molecule has 128 valence electrons. The number of hydrazine groups is 1. The predicted octanol–water partition coefficient (Wildman–Crippen LogP) is 4.16. The Labute approximate surface area is 145 Å². The molecule has 1 saturated heterocycles. The number of amides is 1. The molecule has 3 heteroatoms. The van der Waals surface area contributed by atoms with Gasteiger partial charge in [-0.2, -0.15) is 0 Å². The Morgan fingerprint density at radius 2 is 1.67 bits per heavy atom. The third-order valence-corrected chi connectivity index (χ3v) is 7.44. The van der Waals surface area contributed by atoms with Crippen molar-refractivity contribution < 1.29 is 4.79 Å². The van der Waals surface area contributed by atoms with Crippen LogP contribution < -0.4 is 5.01 Å². The number of nitrogens with zero attached hydrogens (tertiary/aromatic N) is 2. The van der Waals surface area contributed by atoms with Gasteiger partial charge < -0.3 is 0 Å². The van der Waals surface area contributed by atoms with E-state index in [9.17, 15) is 4.79 Å². The molecule has 4 aliphatic rings. The van der Waals surface area contributed by atoms with Crippen molar-refractivity contribution in [2.75, 3.05) is 5.01 Å². The van der Waals surface area contributed by atoms with E-state index >= 15 is 0 Å². The Balaban J connectivity index is 1.47. The molecule has 3 aliphatic carbocycles. The number of anilines is 1. The summed E-state index contributed by atoms with van der Waals surface area (Å²) in [6, 6.07) is 9.06. The van der Waals surface area contributed by atoms with E-state index in [0.29, 0.717) is 11.9 Å². The lowest BCUT2D eigenvalue weighted by atomic mass is 9.64. The molecule has 1 aromatic rings. The maximum Gasteiger partial charge on any atom is 0.268 e. The van der Waals surface area contributed by atoms with Crippen LogP contribution in [-0.2, 0) is 4.79 Å². The molecule has 0 radical (unpaired) electrons. The van der Waals surface area contributed by atoms with Gasteiger partial charge in [0.05, 0.1) is 11.7 Å². The predicted molar refractivity (Wildman–Crippen MR) is 95.4 cm³/mol. The van der Waals surface area contributed by atoms with Crippen LogP contribution in [0.4, 0.5) is 5.69 Å². The summed E-state index contributed by atoms with van der Waals surface area (Å²) >= 11 is 0. The molecule has 1 aromatic carbocycles. The fraction of sp³-hybridized carbons (Fsp3) is 0.667. The zero-order valence-corrected chi connectivity index (χ0v) is 15.0. The van der Waals surface area contributed by atoms with Gasteiger partial charge in [-0.25, -0.2) is 5.01 Å². The van der Waals surface area contributed by atoms with E-state index in [4.69, 9.17) is 0 Å². The van der Waals surface area contributed by atoms with E-state index in [1.807, 2.05) is 0 Å². The van der Waals surface area contributed by atoms with Gasteiger partial charge in [-0.05, 0) is 88.7 Å². The maximum absolute atomic E-state index is 13.0. The topological polar surface area (TPSA) is 23.6 Å². The van der Waals surface area contributed by atoms with Crippen LogP contribution in [0.3, 0.4) is 0 Å². The van der Waals surface area contributed by atoms with Crippen molar-refractivity contribution in [1.29, 1.82) is 0 Å². The number of carbonyl (C=O) groups excluding carboxylic acids is 1. The first kappa shape index (κ1) is 14.8. The summed E-state index contributed by atoms with van der Waals surface area (Å²) in [6.07, 6.45) is 6.72. The van der Waals surface area contributed by atoms with Gasteiger partial charge in [0.25, 0.3) is 5.91 Å². The highest BCUT2D eigenvalue weighted by molar-refractivity contribution is 5.97. The van der Waals surface area contributed by atoms with Gasteiger partial charge >= 0.3 is 0 Å². The van der Waals surface area contributed by atoms with Crippen molar-refractivity contribution in [2.24, 2.45) is 23.7 Å². The van der Waals surface area contributed by atoms with Crippen molar-refractivity contribution in [3.05, 3.63) is 29.8 Å². The van der Waals surface area contributed by atoms with Crippen molar-refractivity contribution in [1.82, 2.24) is 5.01 Å². The Hall–Kier alpha value is -1.51. The summed E-state index contributed by atoms with van der Waals surface area (Å²) in [7, 11) is 0. The monoisotopic (exact) mass is 324 g/mol. The summed E-state index contributed by atoms with van der Waals surface area (Å²) in [5.74, 6) is 3.95. The van der Waals surface area contributed by atoms with Crippen LogP contribution in [0.25, 0.3) is 0 Å². The largest absolute Gasteiger partial charge is 0.270 e. The second kappa shape index (κ2) is 4.77. The van der Waals surface area contributed by atoms with Crippen LogP contribution in [0.1, 0.15) is 51.5 Å². The fourth-order valence-electron chi connectivity index (χ4n) is 6.13. The second-order valence-electron chi connectivity index (χ2n) is 9.15. The van der Waals surface area contributed by atoms with Crippen LogP contribution >= 0.6 is 0 Å². The lowest BCUT2D eigenvalue weighted by Gasteiger charge is -2.60. The van der Waals surface area contributed by atoms with Crippen LogP contribution in [0.5, 0.6) is 0 Å². The molecule has 3 nitrogen and oxygen atoms in total. The van der Waals surface area contributed by atoms with Crippen LogP contribution in [-0.4, -0.2) is 22.5 Å². The molecule has 5 unspecified atom stereocenters. The van der Waals surface area contributed by atoms with E-state index in [0.717, 1.165) is 29.4 Å². The summed E-state index contributed by atoms with van der Waals surface area (Å²) in [5, 5.41) is 4.42. The first-order valence-electron chi connectivity index (χ1n) is 9.67. The minimum Gasteiger partial charge on any atom is -0.270 e. The van der Waals surface area contributed by atoms with E-state index in [2.05, 4.69) is 55.1 Å². The SMILES string of the molecule is Cc1ccc(N2N(C3CCC4CC5CC3CC45)C(=O)C2(C)C)cc1. The number of hydrogen-bond acceptors (Lipinski definition) is 2. The lowest BCUT2D eigenvalue weighted by molar-refractivity contribution is -0.158. The Kier molecular flexibility index (Phi) is 2.94.